The summed E-state index contributed by atoms with van der Waals surface area (Å²) >= 11 is 12.1. The van der Waals surface area contributed by atoms with Crippen LogP contribution in [0, 0.1) is 5.82 Å². The van der Waals surface area contributed by atoms with Crippen molar-refractivity contribution in [3.8, 4) is 0 Å². The van der Waals surface area contributed by atoms with E-state index in [1.165, 1.54) is 29.2 Å². The molecule has 42 heavy (non-hydrogen) atoms. The minimum Gasteiger partial charge on any atom is -0.352 e. The van der Waals surface area contributed by atoms with Crippen molar-refractivity contribution in [3.63, 3.8) is 0 Å². The molecule has 0 heterocycles. The van der Waals surface area contributed by atoms with Crippen LogP contribution in [0.4, 0.5) is 10.1 Å². The first kappa shape index (κ1) is 31.8. The van der Waals surface area contributed by atoms with Gasteiger partial charge in [-0.1, -0.05) is 79.7 Å². The van der Waals surface area contributed by atoms with Crippen molar-refractivity contribution in [2.75, 3.05) is 10.8 Å². The molecule has 1 atom stereocenters. The first-order valence-corrected chi connectivity index (χ1v) is 16.2. The second kappa shape index (κ2) is 14.4. The average Bonchev–Trinajstić information content (AvgIpc) is 2.99. The summed E-state index contributed by atoms with van der Waals surface area (Å²) < 4.78 is 42.6. The molecule has 3 aromatic rings. The van der Waals surface area contributed by atoms with Gasteiger partial charge in [-0.2, -0.15) is 0 Å². The second-order valence-electron chi connectivity index (χ2n) is 10.3. The van der Waals surface area contributed by atoms with Gasteiger partial charge in [-0.25, -0.2) is 12.8 Å². The van der Waals surface area contributed by atoms with Crippen LogP contribution in [0.2, 0.25) is 10.0 Å². The zero-order valence-electron chi connectivity index (χ0n) is 23.3. The largest absolute Gasteiger partial charge is 0.352 e. The number of halogens is 3. The minimum absolute atomic E-state index is 0.0183. The molecule has 4 rings (SSSR count). The number of hydrogen-bond acceptors (Lipinski definition) is 4. The molecule has 0 spiro atoms. The zero-order valence-corrected chi connectivity index (χ0v) is 25.6. The molecule has 1 aliphatic rings. The molecule has 3 aromatic carbocycles. The maximum absolute atomic E-state index is 14.1. The van der Waals surface area contributed by atoms with Crippen molar-refractivity contribution in [1.82, 2.24) is 10.2 Å². The summed E-state index contributed by atoms with van der Waals surface area (Å²) in [5, 5.41) is 3.34. The number of nitrogens with zero attached hydrogens (tertiary/aromatic N) is 2. The molecule has 0 aromatic heterocycles. The molecule has 0 unspecified atom stereocenters. The number of amides is 2. The Morgan fingerprint density at radius 3 is 2.26 bits per heavy atom. The summed E-state index contributed by atoms with van der Waals surface area (Å²) in [5.74, 6) is -1.61. The highest BCUT2D eigenvalue weighted by atomic mass is 35.5. The summed E-state index contributed by atoms with van der Waals surface area (Å²) in [4.78, 5) is 29.1. The smallest absolute Gasteiger partial charge is 0.264 e. The lowest BCUT2D eigenvalue weighted by Crippen LogP contribution is -2.54. The number of rotatable bonds is 11. The van der Waals surface area contributed by atoms with Crippen LogP contribution >= 0.6 is 23.2 Å². The van der Waals surface area contributed by atoms with Crippen LogP contribution in [0.15, 0.2) is 77.7 Å². The third-order valence-corrected chi connectivity index (χ3v) is 9.73. The molecule has 11 heteroatoms. The molecule has 0 bridgehead atoms. The Morgan fingerprint density at radius 1 is 0.976 bits per heavy atom. The van der Waals surface area contributed by atoms with Crippen molar-refractivity contribution < 1.29 is 22.4 Å². The van der Waals surface area contributed by atoms with Crippen molar-refractivity contribution in [3.05, 3.63) is 94.2 Å². The standard InChI is InChI=1S/C31H34Cl2FN3O4S/c1-2-29(31(39)35-24-9-5-3-6-10-24)36(20-22-13-15-23(32)16-14-22)30(38)21-37(25-17-18-28(34)27(33)19-25)42(40,41)26-11-7-4-8-12-26/h4,7-8,11-19,24,29H,2-3,5-6,9-10,20-21H2,1H3,(H,35,39)/t29-/m1/s1. The molecule has 1 aliphatic carbocycles. The van der Waals surface area contributed by atoms with Crippen LogP contribution in [0.5, 0.6) is 0 Å². The summed E-state index contributed by atoms with van der Waals surface area (Å²) in [6.07, 6.45) is 5.25. The van der Waals surface area contributed by atoms with E-state index in [9.17, 15) is 22.4 Å². The van der Waals surface area contributed by atoms with E-state index < -0.39 is 34.3 Å². The highest BCUT2D eigenvalue weighted by Crippen LogP contribution is 2.28. The van der Waals surface area contributed by atoms with Crippen molar-refractivity contribution >= 4 is 50.7 Å². The predicted molar refractivity (Wildman–Crippen MR) is 163 cm³/mol. The molecular formula is C31H34Cl2FN3O4S. The van der Waals surface area contributed by atoms with E-state index >= 15 is 0 Å². The maximum Gasteiger partial charge on any atom is 0.264 e. The summed E-state index contributed by atoms with van der Waals surface area (Å²) in [7, 11) is -4.28. The van der Waals surface area contributed by atoms with Gasteiger partial charge in [-0.3, -0.25) is 13.9 Å². The van der Waals surface area contributed by atoms with Gasteiger partial charge >= 0.3 is 0 Å². The van der Waals surface area contributed by atoms with E-state index in [-0.39, 0.29) is 34.1 Å². The highest BCUT2D eigenvalue weighted by Gasteiger charge is 2.34. The first-order valence-electron chi connectivity index (χ1n) is 14.0. The first-order chi connectivity index (χ1) is 20.1. The van der Waals surface area contributed by atoms with Crippen LogP contribution in [0.1, 0.15) is 51.0 Å². The number of nitrogens with one attached hydrogen (secondary N) is 1. The van der Waals surface area contributed by atoms with E-state index in [2.05, 4.69) is 5.32 Å². The van der Waals surface area contributed by atoms with Crippen molar-refractivity contribution in [2.24, 2.45) is 0 Å². The summed E-state index contributed by atoms with van der Waals surface area (Å²) in [6.45, 7) is 1.22. The van der Waals surface area contributed by atoms with Crippen LogP contribution in [0.3, 0.4) is 0 Å². The van der Waals surface area contributed by atoms with Gasteiger partial charge in [-0.15, -0.1) is 0 Å². The lowest BCUT2D eigenvalue weighted by molar-refractivity contribution is -0.140. The van der Waals surface area contributed by atoms with Crippen molar-refractivity contribution in [2.45, 2.75) is 69.0 Å². The van der Waals surface area contributed by atoms with Gasteiger partial charge in [0.25, 0.3) is 10.0 Å². The molecule has 2 amide bonds. The zero-order chi connectivity index (χ0) is 30.3. The van der Waals surface area contributed by atoms with E-state index in [1.807, 2.05) is 6.92 Å². The Kier molecular flexibility index (Phi) is 10.9. The molecule has 1 N–H and O–H groups in total. The molecule has 7 nitrogen and oxygen atoms in total. The number of carbonyl (C=O) groups excluding carboxylic acids is 2. The molecular weight excluding hydrogens is 600 g/mol. The van der Waals surface area contributed by atoms with E-state index in [0.717, 1.165) is 48.0 Å². The van der Waals surface area contributed by atoms with E-state index in [1.54, 1.807) is 42.5 Å². The Bertz CT molecular complexity index is 1480. The molecule has 224 valence electrons. The predicted octanol–water partition coefficient (Wildman–Crippen LogP) is 6.58. The average molecular weight is 635 g/mol. The second-order valence-corrected chi connectivity index (χ2v) is 13.0. The maximum atomic E-state index is 14.1. The van der Waals surface area contributed by atoms with E-state index in [4.69, 9.17) is 23.2 Å². The summed E-state index contributed by atoms with van der Waals surface area (Å²) in [5.41, 5.74) is 0.740. The lowest BCUT2D eigenvalue weighted by atomic mass is 9.95. The quantitative estimate of drug-likeness (QED) is 0.258. The van der Waals surface area contributed by atoms with Crippen LogP contribution < -0.4 is 9.62 Å². The molecule has 0 saturated heterocycles. The molecule has 0 aliphatic heterocycles. The normalized spacial score (nSPS) is 14.7. The van der Waals surface area contributed by atoms with Gasteiger partial charge in [0.05, 0.1) is 15.6 Å². The van der Waals surface area contributed by atoms with Gasteiger partial charge < -0.3 is 10.2 Å². The minimum atomic E-state index is -4.28. The fourth-order valence-corrected chi connectivity index (χ4v) is 6.87. The Morgan fingerprint density at radius 2 is 1.64 bits per heavy atom. The van der Waals surface area contributed by atoms with Gasteiger partial charge in [0, 0.05) is 17.6 Å². The van der Waals surface area contributed by atoms with Gasteiger partial charge in [0.15, 0.2) is 0 Å². The van der Waals surface area contributed by atoms with Crippen molar-refractivity contribution in [1.29, 1.82) is 0 Å². The lowest BCUT2D eigenvalue weighted by Gasteiger charge is -2.34. The highest BCUT2D eigenvalue weighted by molar-refractivity contribution is 7.92. The van der Waals surface area contributed by atoms with Crippen LogP contribution in [0.25, 0.3) is 0 Å². The molecule has 1 fully saturated rings. The third-order valence-electron chi connectivity index (χ3n) is 7.40. The Hall–Kier alpha value is -3.14. The van der Waals surface area contributed by atoms with Gasteiger partial charge in [0.2, 0.25) is 11.8 Å². The van der Waals surface area contributed by atoms with E-state index in [0.29, 0.717) is 11.4 Å². The molecule has 0 radical (unpaired) electrons. The fraction of sp³-hybridized carbons (Fsp3) is 0.355. The Labute approximate surface area is 256 Å². The Balaban J connectivity index is 1.71. The monoisotopic (exact) mass is 633 g/mol. The number of carbonyl (C=O) groups is 2. The van der Waals surface area contributed by atoms with Crippen LogP contribution in [-0.4, -0.2) is 43.8 Å². The fourth-order valence-electron chi connectivity index (χ4n) is 5.14. The third kappa shape index (κ3) is 7.82. The number of anilines is 1. The number of hydrogen-bond donors (Lipinski definition) is 1. The number of benzene rings is 3. The molecule has 1 saturated carbocycles. The summed E-state index contributed by atoms with van der Waals surface area (Å²) in [6, 6.07) is 17.2. The van der Waals surface area contributed by atoms with Crippen LogP contribution in [-0.2, 0) is 26.2 Å². The van der Waals surface area contributed by atoms with Gasteiger partial charge in [0.1, 0.15) is 18.4 Å². The topological polar surface area (TPSA) is 86.8 Å². The number of sulfonamides is 1. The van der Waals surface area contributed by atoms with Gasteiger partial charge in [-0.05, 0) is 67.3 Å². The SMILES string of the molecule is CC[C@H](C(=O)NC1CCCCC1)N(Cc1ccc(Cl)cc1)C(=O)CN(c1ccc(F)c(Cl)c1)S(=O)(=O)c1ccccc1.